The molecule has 2 aromatic heterocycles. The highest BCUT2D eigenvalue weighted by Gasteiger charge is 2.28. The van der Waals surface area contributed by atoms with Crippen molar-refractivity contribution in [1.82, 2.24) is 14.7 Å². The van der Waals surface area contributed by atoms with Crippen LogP contribution < -0.4 is 0 Å². The summed E-state index contributed by atoms with van der Waals surface area (Å²) in [5.41, 5.74) is 1.68. The smallest absolute Gasteiger partial charge is 0.264 e. The Balaban J connectivity index is 1.72. The lowest BCUT2D eigenvalue weighted by atomic mass is 10.2. The highest BCUT2D eigenvalue weighted by Crippen LogP contribution is 2.32. The van der Waals surface area contributed by atoms with Crippen molar-refractivity contribution in [3.63, 3.8) is 0 Å². The Labute approximate surface area is 156 Å². The van der Waals surface area contributed by atoms with Gasteiger partial charge in [-0.15, -0.1) is 11.3 Å². The topological polar surface area (TPSA) is 38.1 Å². The van der Waals surface area contributed by atoms with Crippen LogP contribution in [-0.4, -0.2) is 33.2 Å². The van der Waals surface area contributed by atoms with E-state index >= 15 is 0 Å². The number of carbonyl (C=O) groups is 1. The van der Waals surface area contributed by atoms with E-state index in [1.807, 2.05) is 17.9 Å². The number of halogens is 1. The third kappa shape index (κ3) is 2.92. The molecule has 4 rings (SSSR count). The Morgan fingerprint density at radius 3 is 2.65 bits per heavy atom. The maximum atomic E-state index is 13.2. The lowest BCUT2D eigenvalue weighted by Gasteiger charge is -2.27. The first-order valence-corrected chi connectivity index (χ1v) is 9.96. The van der Waals surface area contributed by atoms with Gasteiger partial charge in [-0.2, -0.15) is 5.10 Å². The van der Waals surface area contributed by atoms with Crippen molar-refractivity contribution < 1.29 is 9.18 Å². The van der Waals surface area contributed by atoms with E-state index < -0.39 is 0 Å². The maximum absolute atomic E-state index is 13.2. The molecule has 0 atom stereocenters. The zero-order valence-electron chi connectivity index (χ0n) is 15.0. The van der Waals surface area contributed by atoms with Crippen LogP contribution in [0.25, 0.3) is 15.9 Å². The molecule has 6 heteroatoms. The van der Waals surface area contributed by atoms with Crippen molar-refractivity contribution >= 4 is 27.5 Å². The Kier molecular flexibility index (Phi) is 4.53. The Morgan fingerprint density at radius 1 is 1.31 bits per heavy atom. The van der Waals surface area contributed by atoms with Gasteiger partial charge in [0, 0.05) is 18.0 Å². The molecule has 136 valence electrons. The number of hydrogen-bond donors (Lipinski definition) is 0. The summed E-state index contributed by atoms with van der Waals surface area (Å²) in [5, 5.41) is 5.56. The predicted octanol–water partition coefficient (Wildman–Crippen LogP) is 4.94. The first kappa shape index (κ1) is 17.2. The number of amides is 1. The van der Waals surface area contributed by atoms with Crippen molar-refractivity contribution in [3.05, 3.63) is 46.7 Å². The molecule has 0 N–H and O–H groups in total. The molecule has 26 heavy (non-hydrogen) atoms. The quantitative estimate of drug-likeness (QED) is 0.651. The summed E-state index contributed by atoms with van der Waals surface area (Å²) >= 11 is 1.47. The summed E-state index contributed by atoms with van der Waals surface area (Å²) < 4.78 is 15.0. The van der Waals surface area contributed by atoms with Crippen molar-refractivity contribution in [1.29, 1.82) is 0 Å². The summed E-state index contributed by atoms with van der Waals surface area (Å²) in [5.74, 6) is -0.156. The molecule has 0 aliphatic heterocycles. The van der Waals surface area contributed by atoms with Gasteiger partial charge < -0.3 is 4.90 Å². The molecule has 0 spiro atoms. The van der Waals surface area contributed by atoms with Gasteiger partial charge in [-0.25, -0.2) is 9.07 Å². The lowest BCUT2D eigenvalue weighted by molar-refractivity contribution is 0.0698. The predicted molar refractivity (Wildman–Crippen MR) is 103 cm³/mol. The first-order valence-electron chi connectivity index (χ1n) is 9.14. The SMILES string of the molecule is CCN(C(=O)c1cc2c(C)nn(-c3ccc(F)cc3)c2s1)C1CCCC1. The Bertz CT molecular complexity index is 938. The van der Waals surface area contributed by atoms with Crippen LogP contribution in [0.5, 0.6) is 0 Å². The van der Waals surface area contributed by atoms with Gasteiger partial charge in [-0.05, 0) is 57.0 Å². The zero-order valence-corrected chi connectivity index (χ0v) is 15.9. The van der Waals surface area contributed by atoms with E-state index in [4.69, 9.17) is 0 Å². The van der Waals surface area contributed by atoms with Crippen LogP contribution in [-0.2, 0) is 0 Å². The normalized spacial score (nSPS) is 15.0. The van der Waals surface area contributed by atoms with Gasteiger partial charge in [0.05, 0.1) is 16.3 Å². The van der Waals surface area contributed by atoms with Gasteiger partial charge in [-0.1, -0.05) is 12.8 Å². The van der Waals surface area contributed by atoms with Crippen LogP contribution >= 0.6 is 11.3 Å². The van der Waals surface area contributed by atoms with Crippen molar-refractivity contribution in [2.75, 3.05) is 6.54 Å². The summed E-state index contributed by atoms with van der Waals surface area (Å²) in [6.45, 7) is 4.73. The van der Waals surface area contributed by atoms with E-state index in [1.165, 1.54) is 36.3 Å². The number of fused-ring (bicyclic) bond motifs is 1. The average molecular weight is 371 g/mol. The van der Waals surface area contributed by atoms with Gasteiger partial charge in [0.25, 0.3) is 5.91 Å². The molecule has 4 nitrogen and oxygen atoms in total. The molecule has 1 saturated carbocycles. The van der Waals surface area contributed by atoms with E-state index in [2.05, 4.69) is 12.0 Å². The van der Waals surface area contributed by atoms with Crippen molar-refractivity contribution in [3.8, 4) is 5.69 Å². The van der Waals surface area contributed by atoms with Crippen LogP contribution in [0.4, 0.5) is 4.39 Å². The Morgan fingerprint density at radius 2 is 2.00 bits per heavy atom. The summed E-state index contributed by atoms with van der Waals surface area (Å²) in [4.78, 5) is 16.8. The summed E-state index contributed by atoms with van der Waals surface area (Å²) in [7, 11) is 0. The van der Waals surface area contributed by atoms with Gasteiger partial charge >= 0.3 is 0 Å². The zero-order chi connectivity index (χ0) is 18.3. The molecule has 0 saturated heterocycles. The van der Waals surface area contributed by atoms with E-state index in [-0.39, 0.29) is 11.7 Å². The number of carbonyl (C=O) groups excluding carboxylic acids is 1. The van der Waals surface area contributed by atoms with E-state index in [1.54, 1.807) is 16.8 Å². The number of benzene rings is 1. The number of hydrogen-bond acceptors (Lipinski definition) is 3. The molecule has 1 aromatic carbocycles. The fraction of sp³-hybridized carbons (Fsp3) is 0.400. The molecule has 1 aliphatic carbocycles. The molecule has 2 heterocycles. The van der Waals surface area contributed by atoms with Crippen LogP contribution in [0.1, 0.15) is 48.0 Å². The lowest BCUT2D eigenvalue weighted by Crippen LogP contribution is -2.38. The van der Waals surface area contributed by atoms with Gasteiger partial charge in [0.1, 0.15) is 10.6 Å². The number of nitrogens with zero attached hydrogens (tertiary/aromatic N) is 3. The molecule has 0 bridgehead atoms. The second-order valence-electron chi connectivity index (χ2n) is 6.83. The van der Waals surface area contributed by atoms with Crippen LogP contribution in [0.15, 0.2) is 30.3 Å². The fourth-order valence-electron chi connectivity index (χ4n) is 3.84. The van der Waals surface area contributed by atoms with Gasteiger partial charge in [-0.3, -0.25) is 4.79 Å². The van der Waals surface area contributed by atoms with Crippen LogP contribution in [0, 0.1) is 12.7 Å². The highest BCUT2D eigenvalue weighted by atomic mass is 32.1. The summed E-state index contributed by atoms with van der Waals surface area (Å²) in [6, 6.07) is 8.60. The maximum Gasteiger partial charge on any atom is 0.264 e. The van der Waals surface area contributed by atoms with Crippen LogP contribution in [0.3, 0.4) is 0 Å². The largest absolute Gasteiger partial charge is 0.335 e. The van der Waals surface area contributed by atoms with E-state index in [0.29, 0.717) is 6.04 Å². The summed E-state index contributed by atoms with van der Waals surface area (Å²) in [6.07, 6.45) is 4.62. The van der Waals surface area contributed by atoms with Crippen molar-refractivity contribution in [2.45, 2.75) is 45.6 Å². The first-order chi connectivity index (χ1) is 12.6. The highest BCUT2D eigenvalue weighted by molar-refractivity contribution is 7.20. The minimum atomic E-state index is -0.272. The molecule has 1 aliphatic rings. The minimum absolute atomic E-state index is 0.116. The number of thiophene rings is 1. The fourth-order valence-corrected chi connectivity index (χ4v) is 4.97. The average Bonchev–Trinajstić information content (AvgIpc) is 3.35. The second-order valence-corrected chi connectivity index (χ2v) is 7.86. The standard InChI is InChI=1S/C20H22FN3OS/c1-3-23(15-6-4-5-7-15)19(25)18-12-17-13(2)22-24(20(17)26-18)16-10-8-14(21)9-11-16/h8-12,15H,3-7H2,1-2H3. The monoisotopic (exact) mass is 371 g/mol. The molecule has 1 fully saturated rings. The molecular weight excluding hydrogens is 349 g/mol. The van der Waals surface area contributed by atoms with Crippen molar-refractivity contribution in [2.24, 2.45) is 0 Å². The van der Waals surface area contributed by atoms with Crippen LogP contribution in [0.2, 0.25) is 0 Å². The second kappa shape index (κ2) is 6.83. The third-order valence-electron chi connectivity index (χ3n) is 5.19. The number of aromatic nitrogens is 2. The Hall–Kier alpha value is -2.21. The van der Waals surface area contributed by atoms with E-state index in [9.17, 15) is 9.18 Å². The minimum Gasteiger partial charge on any atom is -0.335 e. The third-order valence-corrected chi connectivity index (χ3v) is 6.29. The molecule has 0 unspecified atom stereocenters. The molecule has 1 amide bonds. The number of aryl methyl sites for hydroxylation is 1. The van der Waals surface area contributed by atoms with E-state index in [0.717, 1.165) is 45.9 Å². The van der Waals surface area contributed by atoms with Gasteiger partial charge in [0.15, 0.2) is 0 Å². The molecule has 3 aromatic rings. The van der Waals surface area contributed by atoms with Gasteiger partial charge in [0.2, 0.25) is 0 Å². The number of rotatable bonds is 4. The molecule has 0 radical (unpaired) electrons. The molecular formula is C20H22FN3OS.